The molecule has 0 saturated heterocycles. The lowest BCUT2D eigenvalue weighted by molar-refractivity contribution is -0.0514. The van der Waals surface area contributed by atoms with E-state index >= 15 is 0 Å². The minimum absolute atomic E-state index is 0.0994. The summed E-state index contributed by atoms with van der Waals surface area (Å²) in [4.78, 5) is 14.3. The van der Waals surface area contributed by atoms with Crippen LogP contribution in [0, 0.1) is 0 Å². The first-order chi connectivity index (χ1) is 12.4. The number of hydrogen-bond acceptors (Lipinski definition) is 4. The van der Waals surface area contributed by atoms with Gasteiger partial charge in [0.1, 0.15) is 0 Å². The molecule has 0 radical (unpaired) electrons. The molecule has 2 aromatic rings. The summed E-state index contributed by atoms with van der Waals surface area (Å²) in [5, 5.41) is 2.80. The van der Waals surface area contributed by atoms with Crippen molar-refractivity contribution in [1.29, 1.82) is 0 Å². The monoisotopic (exact) mass is 364 g/mol. The molecular weight excluding hydrogens is 342 g/mol. The van der Waals surface area contributed by atoms with Gasteiger partial charge in [0.15, 0.2) is 11.5 Å². The van der Waals surface area contributed by atoms with Gasteiger partial charge >= 0.3 is 6.61 Å². The van der Waals surface area contributed by atoms with Gasteiger partial charge in [-0.05, 0) is 42.8 Å². The molecule has 0 bridgehead atoms. The predicted molar refractivity (Wildman–Crippen MR) is 96.2 cm³/mol. The second kappa shape index (κ2) is 9.03. The highest BCUT2D eigenvalue weighted by Gasteiger charge is 2.14. The standard InChI is InChI=1S/C19H22F2N2O3/c1-4-25-17-11-14(7-10-16(17)26-19(20)21)18(24)22-12-13-5-8-15(9-6-13)23(2)3/h5-11,19H,4,12H2,1-3H3,(H,22,24). The van der Waals surface area contributed by atoms with E-state index in [4.69, 9.17) is 4.74 Å². The van der Waals surface area contributed by atoms with Crippen LogP contribution in [-0.4, -0.2) is 33.2 Å². The summed E-state index contributed by atoms with van der Waals surface area (Å²) in [6.45, 7) is -0.621. The predicted octanol–water partition coefficient (Wildman–Crippen LogP) is 3.68. The van der Waals surface area contributed by atoms with Gasteiger partial charge in [0.05, 0.1) is 6.61 Å². The quantitative estimate of drug-likeness (QED) is 0.776. The van der Waals surface area contributed by atoms with Gasteiger partial charge in [-0.3, -0.25) is 4.79 Å². The van der Waals surface area contributed by atoms with Crippen molar-refractivity contribution in [3.63, 3.8) is 0 Å². The molecule has 1 N–H and O–H groups in total. The number of hydrogen-bond donors (Lipinski definition) is 1. The van der Waals surface area contributed by atoms with Gasteiger partial charge in [0.2, 0.25) is 0 Å². The third kappa shape index (κ3) is 5.34. The van der Waals surface area contributed by atoms with Crippen LogP contribution < -0.4 is 19.7 Å². The fourth-order valence-electron chi connectivity index (χ4n) is 2.31. The molecule has 0 aromatic heterocycles. The number of amides is 1. The first-order valence-corrected chi connectivity index (χ1v) is 8.16. The molecule has 0 spiro atoms. The smallest absolute Gasteiger partial charge is 0.387 e. The summed E-state index contributed by atoms with van der Waals surface area (Å²) in [6, 6.07) is 11.9. The molecule has 0 aliphatic carbocycles. The van der Waals surface area contributed by atoms with E-state index in [1.165, 1.54) is 18.2 Å². The Morgan fingerprint density at radius 3 is 2.38 bits per heavy atom. The summed E-state index contributed by atoms with van der Waals surface area (Å²) < 4.78 is 34.5. The number of alkyl halides is 2. The Hall–Kier alpha value is -2.83. The van der Waals surface area contributed by atoms with E-state index in [1.807, 2.05) is 43.3 Å². The number of carbonyl (C=O) groups is 1. The van der Waals surface area contributed by atoms with Crippen LogP contribution in [0.2, 0.25) is 0 Å². The zero-order valence-electron chi connectivity index (χ0n) is 15.0. The van der Waals surface area contributed by atoms with E-state index in [1.54, 1.807) is 6.92 Å². The van der Waals surface area contributed by atoms with E-state index in [-0.39, 0.29) is 24.0 Å². The van der Waals surface area contributed by atoms with Gasteiger partial charge in [-0.15, -0.1) is 0 Å². The van der Waals surface area contributed by atoms with Crippen LogP contribution in [0.4, 0.5) is 14.5 Å². The molecule has 1 amide bonds. The summed E-state index contributed by atoms with van der Waals surface area (Å²) in [5.41, 5.74) is 2.32. The third-order valence-electron chi connectivity index (χ3n) is 3.63. The largest absolute Gasteiger partial charge is 0.490 e. The molecule has 0 aliphatic heterocycles. The Balaban J connectivity index is 2.05. The van der Waals surface area contributed by atoms with Gasteiger partial charge in [0, 0.05) is 31.9 Å². The van der Waals surface area contributed by atoms with Crippen molar-refractivity contribution >= 4 is 11.6 Å². The summed E-state index contributed by atoms with van der Waals surface area (Å²) in [5.74, 6) is -0.320. The van der Waals surface area contributed by atoms with Crippen LogP contribution in [0.5, 0.6) is 11.5 Å². The minimum Gasteiger partial charge on any atom is -0.490 e. The first kappa shape index (κ1) is 19.5. The fraction of sp³-hybridized carbons (Fsp3) is 0.316. The lowest BCUT2D eigenvalue weighted by atomic mass is 10.1. The highest BCUT2D eigenvalue weighted by atomic mass is 19.3. The number of anilines is 1. The van der Waals surface area contributed by atoms with Gasteiger partial charge < -0.3 is 19.7 Å². The van der Waals surface area contributed by atoms with Crippen molar-refractivity contribution in [3.05, 3.63) is 53.6 Å². The Bertz CT molecular complexity index is 734. The Labute approximate surface area is 151 Å². The van der Waals surface area contributed by atoms with E-state index < -0.39 is 6.61 Å². The number of halogens is 2. The molecule has 26 heavy (non-hydrogen) atoms. The number of rotatable bonds is 8. The second-order valence-electron chi connectivity index (χ2n) is 5.72. The third-order valence-corrected chi connectivity index (χ3v) is 3.63. The van der Waals surface area contributed by atoms with Crippen LogP contribution in [0.25, 0.3) is 0 Å². The fourth-order valence-corrected chi connectivity index (χ4v) is 2.31. The molecule has 140 valence electrons. The number of nitrogens with zero attached hydrogens (tertiary/aromatic N) is 1. The summed E-state index contributed by atoms with van der Waals surface area (Å²) in [7, 11) is 3.91. The van der Waals surface area contributed by atoms with E-state index in [9.17, 15) is 13.6 Å². The summed E-state index contributed by atoms with van der Waals surface area (Å²) in [6.07, 6.45) is 0. The van der Waals surface area contributed by atoms with Crippen molar-refractivity contribution in [2.45, 2.75) is 20.1 Å². The number of nitrogens with one attached hydrogen (secondary N) is 1. The molecule has 0 fully saturated rings. The number of ether oxygens (including phenoxy) is 2. The maximum atomic E-state index is 12.4. The van der Waals surface area contributed by atoms with Gasteiger partial charge in [-0.1, -0.05) is 12.1 Å². The first-order valence-electron chi connectivity index (χ1n) is 8.16. The van der Waals surface area contributed by atoms with E-state index in [0.717, 1.165) is 11.3 Å². The summed E-state index contributed by atoms with van der Waals surface area (Å²) >= 11 is 0. The van der Waals surface area contributed by atoms with Crippen molar-refractivity contribution in [2.75, 3.05) is 25.6 Å². The van der Waals surface area contributed by atoms with Crippen LogP contribution >= 0.6 is 0 Å². The molecular formula is C19H22F2N2O3. The molecule has 2 rings (SSSR count). The van der Waals surface area contributed by atoms with E-state index in [2.05, 4.69) is 10.1 Å². The van der Waals surface area contributed by atoms with Crippen LogP contribution in [0.1, 0.15) is 22.8 Å². The van der Waals surface area contributed by atoms with Gasteiger partial charge in [-0.25, -0.2) is 0 Å². The highest BCUT2D eigenvalue weighted by Crippen LogP contribution is 2.30. The Kier molecular flexibility index (Phi) is 6.77. The zero-order chi connectivity index (χ0) is 19.1. The van der Waals surface area contributed by atoms with Crippen molar-refractivity contribution in [1.82, 2.24) is 5.32 Å². The average Bonchev–Trinajstić information content (AvgIpc) is 2.61. The van der Waals surface area contributed by atoms with Crippen molar-refractivity contribution in [3.8, 4) is 11.5 Å². The van der Waals surface area contributed by atoms with Crippen molar-refractivity contribution in [2.24, 2.45) is 0 Å². The number of benzene rings is 2. The highest BCUT2D eigenvalue weighted by molar-refractivity contribution is 5.94. The lowest BCUT2D eigenvalue weighted by Gasteiger charge is -2.14. The maximum absolute atomic E-state index is 12.4. The average molecular weight is 364 g/mol. The second-order valence-corrected chi connectivity index (χ2v) is 5.72. The molecule has 0 atom stereocenters. The van der Waals surface area contributed by atoms with E-state index in [0.29, 0.717) is 12.1 Å². The topological polar surface area (TPSA) is 50.8 Å². The maximum Gasteiger partial charge on any atom is 0.387 e. The Morgan fingerprint density at radius 1 is 1.12 bits per heavy atom. The van der Waals surface area contributed by atoms with Gasteiger partial charge in [0.25, 0.3) is 5.91 Å². The molecule has 0 saturated carbocycles. The molecule has 2 aromatic carbocycles. The zero-order valence-corrected chi connectivity index (χ0v) is 15.0. The van der Waals surface area contributed by atoms with Crippen LogP contribution in [0.3, 0.4) is 0 Å². The van der Waals surface area contributed by atoms with Gasteiger partial charge in [-0.2, -0.15) is 8.78 Å². The van der Waals surface area contributed by atoms with Crippen LogP contribution in [0.15, 0.2) is 42.5 Å². The molecule has 7 heteroatoms. The molecule has 5 nitrogen and oxygen atoms in total. The van der Waals surface area contributed by atoms with Crippen molar-refractivity contribution < 1.29 is 23.0 Å². The molecule has 0 heterocycles. The normalized spacial score (nSPS) is 10.5. The van der Waals surface area contributed by atoms with Crippen LogP contribution in [-0.2, 0) is 6.54 Å². The molecule has 0 unspecified atom stereocenters. The molecule has 0 aliphatic rings. The SMILES string of the molecule is CCOc1cc(C(=O)NCc2ccc(N(C)C)cc2)ccc1OC(F)F. The Morgan fingerprint density at radius 2 is 1.81 bits per heavy atom. The lowest BCUT2D eigenvalue weighted by Crippen LogP contribution is -2.23. The number of carbonyl (C=O) groups excluding carboxylic acids is 1. The minimum atomic E-state index is -2.96.